The maximum atomic E-state index is 11.3. The van der Waals surface area contributed by atoms with E-state index in [1.165, 1.54) is 11.7 Å². The quantitative estimate of drug-likeness (QED) is 0.679. The molecule has 0 spiro atoms. The highest BCUT2D eigenvalue weighted by Crippen LogP contribution is 2.08. The summed E-state index contributed by atoms with van der Waals surface area (Å²) < 4.78 is 29.0. The Kier molecular flexibility index (Phi) is 4.57. The van der Waals surface area contributed by atoms with Gasteiger partial charge in [0.15, 0.2) is 0 Å². The molecule has 1 aromatic heterocycles. The van der Waals surface area contributed by atoms with Crippen molar-refractivity contribution in [2.45, 2.75) is 18.2 Å². The third-order valence-corrected chi connectivity index (χ3v) is 2.84. The molecule has 0 aliphatic heterocycles. The lowest BCUT2D eigenvalue weighted by Gasteiger charge is -2.11. The molecule has 0 saturated carbocycles. The molecule has 8 nitrogen and oxygen atoms in total. The first kappa shape index (κ1) is 14.0. The molecule has 98 valence electrons. The Bertz CT molecular complexity index is 468. The van der Waals surface area contributed by atoms with Gasteiger partial charge < -0.3 is 9.64 Å². The van der Waals surface area contributed by atoms with Gasteiger partial charge in [-0.05, 0) is 14.1 Å². The number of rotatable bonds is 6. The smallest absolute Gasteiger partial charge is 0.273 e. The molecule has 0 amide bonds. The summed E-state index contributed by atoms with van der Waals surface area (Å²) in [6, 6.07) is 0. The Hall–Kier alpha value is -1.03. The van der Waals surface area contributed by atoms with Crippen LogP contribution in [0.3, 0.4) is 0 Å². The maximum absolute atomic E-state index is 11.3. The molecule has 0 fully saturated rings. The predicted molar refractivity (Wildman–Crippen MR) is 60.7 cm³/mol. The van der Waals surface area contributed by atoms with Crippen molar-refractivity contribution in [2.24, 2.45) is 5.14 Å². The normalized spacial score (nSPS) is 12.3. The number of primary sulfonamides is 1. The molecule has 0 aliphatic rings. The average Bonchev–Trinajstić information content (AvgIpc) is 2.56. The van der Waals surface area contributed by atoms with Crippen molar-refractivity contribution in [1.82, 2.24) is 19.7 Å². The summed E-state index contributed by atoms with van der Waals surface area (Å²) in [6.45, 7) is 1.19. The summed E-state index contributed by atoms with van der Waals surface area (Å²) in [7, 11) is 1.38. The average molecular weight is 263 g/mol. The largest absolute Gasteiger partial charge is 0.383 e. The van der Waals surface area contributed by atoms with Crippen molar-refractivity contribution in [2.75, 3.05) is 27.8 Å². The van der Waals surface area contributed by atoms with Crippen molar-refractivity contribution in [1.29, 1.82) is 0 Å². The summed E-state index contributed by atoms with van der Waals surface area (Å²) in [4.78, 5) is 1.86. The lowest BCUT2D eigenvalue weighted by molar-refractivity contribution is 0.182. The van der Waals surface area contributed by atoms with Crippen molar-refractivity contribution >= 4 is 10.0 Å². The molecule has 0 radical (unpaired) electrons. The summed E-state index contributed by atoms with van der Waals surface area (Å²) in [6.07, 6.45) is 0. The van der Waals surface area contributed by atoms with E-state index in [2.05, 4.69) is 10.2 Å². The maximum Gasteiger partial charge on any atom is 0.273 e. The van der Waals surface area contributed by atoms with Crippen LogP contribution in [0.4, 0.5) is 0 Å². The van der Waals surface area contributed by atoms with Gasteiger partial charge in [-0.3, -0.25) is 4.57 Å². The van der Waals surface area contributed by atoms with E-state index in [1.807, 2.05) is 19.0 Å². The minimum Gasteiger partial charge on any atom is -0.383 e. The van der Waals surface area contributed by atoms with Crippen LogP contribution in [0.1, 0.15) is 5.82 Å². The minimum absolute atomic E-state index is 0.230. The van der Waals surface area contributed by atoms with Gasteiger partial charge in [0.2, 0.25) is 0 Å². The highest BCUT2D eigenvalue weighted by molar-refractivity contribution is 7.89. The third-order valence-electron chi connectivity index (χ3n) is 2.02. The van der Waals surface area contributed by atoms with Crippen LogP contribution in [0.2, 0.25) is 0 Å². The molecule has 1 heterocycles. The summed E-state index contributed by atoms with van der Waals surface area (Å²) in [5, 5.41) is 12.3. The van der Waals surface area contributed by atoms with Crippen LogP contribution in [0.15, 0.2) is 5.16 Å². The van der Waals surface area contributed by atoms with E-state index in [4.69, 9.17) is 9.88 Å². The van der Waals surface area contributed by atoms with Crippen molar-refractivity contribution in [3.05, 3.63) is 5.82 Å². The second kappa shape index (κ2) is 5.54. The van der Waals surface area contributed by atoms with Crippen LogP contribution < -0.4 is 5.14 Å². The SMILES string of the molecule is COCCn1c(CN(C)C)nnc1S(N)(=O)=O. The van der Waals surface area contributed by atoms with Gasteiger partial charge in [-0.15, -0.1) is 10.2 Å². The van der Waals surface area contributed by atoms with Crippen LogP contribution in [0.25, 0.3) is 0 Å². The fraction of sp³-hybridized carbons (Fsp3) is 0.750. The van der Waals surface area contributed by atoms with Gasteiger partial charge >= 0.3 is 0 Å². The van der Waals surface area contributed by atoms with E-state index in [1.54, 1.807) is 0 Å². The Balaban J connectivity index is 3.10. The minimum atomic E-state index is -3.86. The van der Waals surface area contributed by atoms with Gasteiger partial charge in [-0.1, -0.05) is 0 Å². The van der Waals surface area contributed by atoms with Crippen LogP contribution in [-0.2, 0) is 27.8 Å². The van der Waals surface area contributed by atoms with E-state index in [-0.39, 0.29) is 5.16 Å². The van der Waals surface area contributed by atoms with Crippen molar-refractivity contribution in [3.8, 4) is 0 Å². The zero-order valence-electron chi connectivity index (χ0n) is 10.1. The second-order valence-corrected chi connectivity index (χ2v) is 5.28. The Labute approximate surface area is 100 Å². The Morgan fingerprint density at radius 3 is 2.53 bits per heavy atom. The number of nitrogens with two attached hydrogens (primary N) is 1. The van der Waals surface area contributed by atoms with Gasteiger partial charge in [-0.25, -0.2) is 13.6 Å². The first-order valence-corrected chi connectivity index (χ1v) is 6.49. The van der Waals surface area contributed by atoms with E-state index in [0.717, 1.165) is 0 Å². The number of ether oxygens (including phenoxy) is 1. The van der Waals surface area contributed by atoms with Crippen molar-refractivity contribution in [3.63, 3.8) is 0 Å². The Morgan fingerprint density at radius 1 is 1.41 bits per heavy atom. The van der Waals surface area contributed by atoms with Crippen LogP contribution in [-0.4, -0.2) is 55.9 Å². The lowest BCUT2D eigenvalue weighted by Crippen LogP contribution is -2.22. The number of nitrogens with zero attached hydrogens (tertiary/aromatic N) is 4. The van der Waals surface area contributed by atoms with Crippen LogP contribution in [0, 0.1) is 0 Å². The highest BCUT2D eigenvalue weighted by atomic mass is 32.2. The first-order valence-electron chi connectivity index (χ1n) is 4.94. The number of hydrogen-bond donors (Lipinski definition) is 1. The molecule has 0 bridgehead atoms. The van der Waals surface area contributed by atoms with E-state index < -0.39 is 10.0 Å². The summed E-state index contributed by atoms with van der Waals surface area (Å²) in [5.74, 6) is 0.538. The van der Waals surface area contributed by atoms with Gasteiger partial charge in [-0.2, -0.15) is 0 Å². The number of hydrogen-bond acceptors (Lipinski definition) is 6. The first-order chi connectivity index (χ1) is 7.86. The highest BCUT2D eigenvalue weighted by Gasteiger charge is 2.20. The fourth-order valence-corrected chi connectivity index (χ4v) is 1.99. The molecule has 1 rings (SSSR count). The molecule has 17 heavy (non-hydrogen) atoms. The fourth-order valence-electron chi connectivity index (χ4n) is 1.34. The van der Waals surface area contributed by atoms with E-state index in [9.17, 15) is 8.42 Å². The number of methoxy groups -OCH3 is 1. The zero-order chi connectivity index (χ0) is 13.1. The molecule has 0 aromatic carbocycles. The Morgan fingerprint density at radius 2 is 2.06 bits per heavy atom. The van der Waals surface area contributed by atoms with Gasteiger partial charge in [0, 0.05) is 7.11 Å². The summed E-state index contributed by atoms with van der Waals surface area (Å²) >= 11 is 0. The molecule has 0 unspecified atom stereocenters. The third kappa shape index (κ3) is 3.73. The molecule has 9 heteroatoms. The zero-order valence-corrected chi connectivity index (χ0v) is 10.9. The molecular formula is C8H17N5O3S. The van der Waals surface area contributed by atoms with Crippen LogP contribution >= 0.6 is 0 Å². The molecule has 0 saturated heterocycles. The van der Waals surface area contributed by atoms with Crippen molar-refractivity contribution < 1.29 is 13.2 Å². The molecule has 0 aliphatic carbocycles. The molecular weight excluding hydrogens is 246 g/mol. The molecule has 2 N–H and O–H groups in total. The van der Waals surface area contributed by atoms with Crippen LogP contribution in [0.5, 0.6) is 0 Å². The predicted octanol–water partition coefficient (Wildman–Crippen LogP) is -1.37. The number of sulfonamides is 1. The van der Waals surface area contributed by atoms with Gasteiger partial charge in [0.25, 0.3) is 15.2 Å². The molecule has 1 aromatic rings. The van der Waals surface area contributed by atoms with E-state index in [0.29, 0.717) is 25.5 Å². The topological polar surface area (TPSA) is 103 Å². The summed E-state index contributed by atoms with van der Waals surface area (Å²) in [5.41, 5.74) is 0. The second-order valence-electron chi connectivity index (χ2n) is 3.83. The van der Waals surface area contributed by atoms with Gasteiger partial charge in [0.05, 0.1) is 19.7 Å². The number of aromatic nitrogens is 3. The standard InChI is InChI=1S/C8H17N5O3S/c1-12(2)6-7-10-11-8(17(9,14)15)13(7)4-5-16-3/h4-6H2,1-3H3,(H2,9,14,15). The molecule has 0 atom stereocenters. The lowest BCUT2D eigenvalue weighted by atomic mass is 10.5. The van der Waals surface area contributed by atoms with E-state index >= 15 is 0 Å². The monoisotopic (exact) mass is 263 g/mol. The van der Waals surface area contributed by atoms with Gasteiger partial charge in [0.1, 0.15) is 5.82 Å².